The molecule has 0 saturated carbocycles. The first-order valence-electron chi connectivity index (χ1n) is 5.55. The van der Waals surface area contributed by atoms with Crippen molar-refractivity contribution in [2.75, 3.05) is 0 Å². The summed E-state index contributed by atoms with van der Waals surface area (Å²) in [7, 11) is 0. The van der Waals surface area contributed by atoms with Crippen molar-refractivity contribution in [2.24, 2.45) is 0 Å². The number of carboxylic acid groups (broad SMARTS) is 1. The van der Waals surface area contributed by atoms with E-state index in [0.717, 1.165) is 0 Å². The van der Waals surface area contributed by atoms with Crippen LogP contribution in [0.4, 0.5) is 0 Å². The first kappa shape index (κ1) is 12.7. The van der Waals surface area contributed by atoms with E-state index in [2.05, 4.69) is 0 Å². The average Bonchev–Trinajstić information content (AvgIpc) is 2.78. The number of furan rings is 1. The molecular formula is C14H11NO4. The van der Waals surface area contributed by atoms with Gasteiger partial charge in [0.2, 0.25) is 0 Å². The second-order valence-electron chi connectivity index (χ2n) is 3.92. The summed E-state index contributed by atoms with van der Waals surface area (Å²) in [6, 6.07) is 10.2. The molecule has 0 radical (unpaired) electrons. The molecule has 19 heavy (non-hydrogen) atoms. The topological polar surface area (TPSA) is 83.5 Å². The Hall–Kier alpha value is -2.74. The van der Waals surface area contributed by atoms with Crippen molar-refractivity contribution in [3.05, 3.63) is 53.0 Å². The maximum absolute atomic E-state index is 10.9. The summed E-state index contributed by atoms with van der Waals surface area (Å²) in [5.41, 5.74) is 0.628. The van der Waals surface area contributed by atoms with Crippen molar-refractivity contribution >= 4 is 5.97 Å². The zero-order valence-electron chi connectivity index (χ0n) is 10.2. The maximum atomic E-state index is 10.9. The molecule has 5 nitrogen and oxygen atoms in total. The van der Waals surface area contributed by atoms with Gasteiger partial charge in [-0.05, 0) is 31.2 Å². The van der Waals surface area contributed by atoms with Gasteiger partial charge in [0.25, 0.3) is 0 Å². The number of hydrogen-bond acceptors (Lipinski definition) is 4. The molecule has 0 fully saturated rings. The minimum absolute atomic E-state index is 0.114. The quantitative estimate of drug-likeness (QED) is 0.910. The van der Waals surface area contributed by atoms with E-state index in [1.54, 1.807) is 31.2 Å². The molecule has 0 aliphatic heterocycles. The van der Waals surface area contributed by atoms with E-state index >= 15 is 0 Å². The Morgan fingerprint density at radius 2 is 2.26 bits per heavy atom. The molecule has 2 rings (SSSR count). The van der Waals surface area contributed by atoms with Gasteiger partial charge in [0.15, 0.2) is 0 Å². The third kappa shape index (κ3) is 2.93. The Morgan fingerprint density at radius 3 is 2.89 bits per heavy atom. The monoisotopic (exact) mass is 257 g/mol. The number of nitriles is 1. The minimum Gasteiger partial charge on any atom is -0.486 e. The normalized spacial score (nSPS) is 9.89. The first-order valence-corrected chi connectivity index (χ1v) is 5.55. The summed E-state index contributed by atoms with van der Waals surface area (Å²) >= 11 is 0. The molecule has 0 bridgehead atoms. The smallest absolute Gasteiger partial charge is 0.339 e. The van der Waals surface area contributed by atoms with Gasteiger partial charge in [-0.15, -0.1) is 0 Å². The number of rotatable bonds is 4. The number of carbonyl (C=O) groups is 1. The number of hydrogen-bond donors (Lipinski definition) is 1. The van der Waals surface area contributed by atoms with Crippen LogP contribution >= 0.6 is 0 Å². The Morgan fingerprint density at radius 1 is 1.47 bits per heavy atom. The lowest BCUT2D eigenvalue weighted by atomic mass is 10.2. The summed E-state index contributed by atoms with van der Waals surface area (Å²) in [4.78, 5) is 10.9. The highest BCUT2D eigenvalue weighted by atomic mass is 16.5. The molecule has 0 spiro atoms. The van der Waals surface area contributed by atoms with Gasteiger partial charge in [-0.1, -0.05) is 6.07 Å². The Labute approximate surface area is 109 Å². The zero-order chi connectivity index (χ0) is 13.8. The summed E-state index contributed by atoms with van der Waals surface area (Å²) in [6.07, 6.45) is 0. The van der Waals surface area contributed by atoms with E-state index in [4.69, 9.17) is 19.5 Å². The predicted molar refractivity (Wildman–Crippen MR) is 65.9 cm³/mol. The summed E-state index contributed by atoms with van der Waals surface area (Å²) in [5, 5.41) is 17.7. The van der Waals surface area contributed by atoms with Gasteiger partial charge in [0.05, 0.1) is 11.6 Å². The molecule has 96 valence electrons. The Balaban J connectivity index is 2.08. The van der Waals surface area contributed by atoms with E-state index in [1.165, 1.54) is 6.07 Å². The molecule has 0 aliphatic rings. The van der Waals surface area contributed by atoms with Crippen molar-refractivity contribution in [1.82, 2.24) is 0 Å². The van der Waals surface area contributed by atoms with Crippen LogP contribution in [0.3, 0.4) is 0 Å². The zero-order valence-corrected chi connectivity index (χ0v) is 10.2. The van der Waals surface area contributed by atoms with Gasteiger partial charge in [-0.2, -0.15) is 5.26 Å². The largest absolute Gasteiger partial charge is 0.486 e. The van der Waals surface area contributed by atoms with Crippen LogP contribution in [0.1, 0.15) is 27.4 Å². The van der Waals surface area contributed by atoms with Crippen LogP contribution in [0.2, 0.25) is 0 Å². The van der Waals surface area contributed by atoms with E-state index in [0.29, 0.717) is 22.8 Å². The molecule has 2 aromatic rings. The minimum atomic E-state index is -1.03. The third-order valence-electron chi connectivity index (χ3n) is 2.54. The highest BCUT2D eigenvalue weighted by Gasteiger charge is 2.13. The van der Waals surface area contributed by atoms with Crippen LogP contribution in [0.15, 0.2) is 34.7 Å². The Kier molecular flexibility index (Phi) is 3.53. The average molecular weight is 257 g/mol. The van der Waals surface area contributed by atoms with Crippen LogP contribution in [0.25, 0.3) is 0 Å². The standard InChI is InChI=1S/C14H11NO4/c1-9-13(14(16)17)6-12(19-9)8-18-11-4-2-3-10(5-11)7-15/h2-6H,8H2,1H3,(H,16,17). The SMILES string of the molecule is Cc1oc(COc2cccc(C#N)c2)cc1C(=O)O. The lowest BCUT2D eigenvalue weighted by Crippen LogP contribution is -1.96. The van der Waals surface area contributed by atoms with Crippen molar-refractivity contribution in [1.29, 1.82) is 5.26 Å². The number of aryl methyl sites for hydroxylation is 1. The van der Waals surface area contributed by atoms with E-state index in [1.807, 2.05) is 6.07 Å². The lowest BCUT2D eigenvalue weighted by Gasteiger charge is -2.03. The second kappa shape index (κ2) is 5.27. The maximum Gasteiger partial charge on any atom is 0.339 e. The van der Waals surface area contributed by atoms with Gasteiger partial charge in [-0.25, -0.2) is 4.79 Å². The predicted octanol–water partition coefficient (Wildman–Crippen LogP) is 2.74. The fraction of sp³-hybridized carbons (Fsp3) is 0.143. The van der Waals surface area contributed by atoms with Gasteiger partial charge in [0.1, 0.15) is 29.4 Å². The summed E-state index contributed by atoms with van der Waals surface area (Å²) < 4.78 is 10.7. The number of ether oxygens (including phenoxy) is 1. The van der Waals surface area contributed by atoms with Crippen LogP contribution in [-0.4, -0.2) is 11.1 Å². The molecule has 1 N–H and O–H groups in total. The molecule has 0 unspecified atom stereocenters. The highest BCUT2D eigenvalue weighted by molar-refractivity contribution is 5.88. The van der Waals surface area contributed by atoms with Gasteiger partial charge in [0, 0.05) is 0 Å². The van der Waals surface area contributed by atoms with Crippen LogP contribution in [0, 0.1) is 18.3 Å². The van der Waals surface area contributed by atoms with Gasteiger partial charge >= 0.3 is 5.97 Å². The second-order valence-corrected chi connectivity index (χ2v) is 3.92. The molecule has 1 heterocycles. The third-order valence-corrected chi connectivity index (χ3v) is 2.54. The van der Waals surface area contributed by atoms with Crippen molar-refractivity contribution < 1.29 is 19.1 Å². The van der Waals surface area contributed by atoms with E-state index in [9.17, 15) is 4.79 Å². The van der Waals surface area contributed by atoms with Gasteiger partial charge in [-0.3, -0.25) is 0 Å². The first-order chi connectivity index (χ1) is 9.10. The molecule has 0 aliphatic carbocycles. The highest BCUT2D eigenvalue weighted by Crippen LogP contribution is 2.18. The van der Waals surface area contributed by atoms with Crippen LogP contribution in [-0.2, 0) is 6.61 Å². The number of aromatic carboxylic acids is 1. The van der Waals surface area contributed by atoms with Gasteiger partial charge < -0.3 is 14.3 Å². The molecule has 5 heteroatoms. The number of benzene rings is 1. The van der Waals surface area contributed by atoms with E-state index in [-0.39, 0.29) is 12.2 Å². The number of nitrogens with zero attached hydrogens (tertiary/aromatic N) is 1. The molecule has 1 aromatic carbocycles. The summed E-state index contributed by atoms with van der Waals surface area (Å²) in [6.45, 7) is 1.70. The fourth-order valence-corrected chi connectivity index (χ4v) is 1.64. The fourth-order valence-electron chi connectivity index (χ4n) is 1.64. The lowest BCUT2D eigenvalue weighted by molar-refractivity contribution is 0.0695. The summed E-state index contributed by atoms with van der Waals surface area (Å²) in [5.74, 6) is 0.276. The molecule has 0 amide bonds. The van der Waals surface area contributed by atoms with Crippen molar-refractivity contribution in [2.45, 2.75) is 13.5 Å². The molecule has 0 saturated heterocycles. The van der Waals surface area contributed by atoms with Crippen molar-refractivity contribution in [3.8, 4) is 11.8 Å². The van der Waals surface area contributed by atoms with Crippen LogP contribution < -0.4 is 4.74 Å². The molecular weight excluding hydrogens is 246 g/mol. The number of carboxylic acids is 1. The molecule has 0 atom stereocenters. The van der Waals surface area contributed by atoms with Crippen LogP contribution in [0.5, 0.6) is 5.75 Å². The Bertz CT molecular complexity index is 652. The van der Waals surface area contributed by atoms with E-state index < -0.39 is 5.97 Å². The molecule has 1 aromatic heterocycles. The van der Waals surface area contributed by atoms with Crippen molar-refractivity contribution in [3.63, 3.8) is 0 Å².